The van der Waals surface area contributed by atoms with E-state index in [9.17, 15) is 0 Å². The monoisotopic (exact) mass is 215 g/mol. The maximum absolute atomic E-state index is 5.57. The lowest BCUT2D eigenvalue weighted by Crippen LogP contribution is -2.39. The van der Waals surface area contributed by atoms with Crippen LogP contribution in [0.3, 0.4) is 0 Å². The predicted octanol–water partition coefficient (Wildman–Crippen LogP) is 1.96. The molecule has 1 rings (SSSR count). The van der Waals surface area contributed by atoms with Crippen molar-refractivity contribution in [2.75, 3.05) is 20.3 Å². The zero-order chi connectivity index (χ0) is 11.3. The third-order valence-corrected chi connectivity index (χ3v) is 3.07. The number of ether oxygens (including phenoxy) is 2. The minimum atomic E-state index is -0.0387. The van der Waals surface area contributed by atoms with Crippen LogP contribution in [0.5, 0.6) is 0 Å². The Kier molecular flexibility index (Phi) is 5.03. The fourth-order valence-electron chi connectivity index (χ4n) is 2.03. The first-order chi connectivity index (χ1) is 7.03. The van der Waals surface area contributed by atoms with E-state index < -0.39 is 0 Å². The molecular formula is C12H25NO2. The quantitative estimate of drug-likeness (QED) is 0.734. The Balaban J connectivity index is 2.15. The highest BCUT2D eigenvalue weighted by Crippen LogP contribution is 2.16. The Hall–Kier alpha value is -0.120. The summed E-state index contributed by atoms with van der Waals surface area (Å²) in [7, 11) is 1.77. The van der Waals surface area contributed by atoms with E-state index in [0.29, 0.717) is 12.1 Å². The summed E-state index contributed by atoms with van der Waals surface area (Å²) in [5.41, 5.74) is -0.0387. The molecule has 0 spiro atoms. The van der Waals surface area contributed by atoms with Gasteiger partial charge in [-0.05, 0) is 40.0 Å². The Morgan fingerprint density at radius 1 is 1.53 bits per heavy atom. The van der Waals surface area contributed by atoms with E-state index >= 15 is 0 Å². The topological polar surface area (TPSA) is 30.5 Å². The molecule has 3 heteroatoms. The van der Waals surface area contributed by atoms with Crippen LogP contribution in [-0.2, 0) is 9.47 Å². The van der Waals surface area contributed by atoms with Crippen LogP contribution in [0.1, 0.15) is 40.0 Å². The molecule has 0 bridgehead atoms. The summed E-state index contributed by atoms with van der Waals surface area (Å²) in [4.78, 5) is 0. The fourth-order valence-corrected chi connectivity index (χ4v) is 2.03. The van der Waals surface area contributed by atoms with Crippen LogP contribution in [0.2, 0.25) is 0 Å². The highest BCUT2D eigenvalue weighted by atomic mass is 16.5. The normalized spacial score (nSPS) is 24.4. The molecule has 3 nitrogen and oxygen atoms in total. The van der Waals surface area contributed by atoms with Crippen molar-refractivity contribution in [1.29, 1.82) is 0 Å². The number of nitrogens with one attached hydrogen (secondary N) is 1. The van der Waals surface area contributed by atoms with E-state index in [-0.39, 0.29) is 5.60 Å². The molecule has 0 saturated carbocycles. The fraction of sp³-hybridized carbons (Fsp3) is 1.00. The second-order valence-electron chi connectivity index (χ2n) is 5.11. The van der Waals surface area contributed by atoms with Crippen LogP contribution in [-0.4, -0.2) is 38.0 Å². The Morgan fingerprint density at radius 2 is 2.27 bits per heavy atom. The number of hydrogen-bond donors (Lipinski definition) is 1. The van der Waals surface area contributed by atoms with E-state index in [2.05, 4.69) is 26.1 Å². The van der Waals surface area contributed by atoms with Crippen molar-refractivity contribution in [3.8, 4) is 0 Å². The Morgan fingerprint density at radius 3 is 2.80 bits per heavy atom. The maximum Gasteiger partial charge on any atom is 0.0700 e. The Bertz CT molecular complexity index is 176. The lowest BCUT2D eigenvalue weighted by molar-refractivity contribution is 0.00716. The molecule has 0 radical (unpaired) electrons. The summed E-state index contributed by atoms with van der Waals surface area (Å²) >= 11 is 0. The second-order valence-corrected chi connectivity index (χ2v) is 5.11. The van der Waals surface area contributed by atoms with Gasteiger partial charge in [0.1, 0.15) is 0 Å². The molecule has 2 unspecified atom stereocenters. The Labute approximate surface area is 93.5 Å². The van der Waals surface area contributed by atoms with E-state index in [4.69, 9.17) is 9.47 Å². The smallest absolute Gasteiger partial charge is 0.0700 e. The molecule has 0 aromatic heterocycles. The number of methoxy groups -OCH3 is 1. The molecule has 0 aromatic rings. The zero-order valence-electron chi connectivity index (χ0n) is 10.5. The highest BCUT2D eigenvalue weighted by molar-refractivity contribution is 4.77. The molecule has 1 heterocycles. The van der Waals surface area contributed by atoms with Crippen molar-refractivity contribution >= 4 is 0 Å². The molecule has 1 N–H and O–H groups in total. The van der Waals surface area contributed by atoms with Crippen LogP contribution in [0, 0.1) is 0 Å². The standard InChI is InChI=1S/C12H25NO2/c1-10(8-12(2,3)14-4)13-9-11-6-5-7-15-11/h10-11,13H,5-9H2,1-4H3. The second kappa shape index (κ2) is 5.83. The van der Waals surface area contributed by atoms with Gasteiger partial charge in [-0.15, -0.1) is 0 Å². The molecule has 1 aliphatic heterocycles. The summed E-state index contributed by atoms with van der Waals surface area (Å²) in [5.74, 6) is 0. The first-order valence-electron chi connectivity index (χ1n) is 5.93. The highest BCUT2D eigenvalue weighted by Gasteiger charge is 2.21. The lowest BCUT2D eigenvalue weighted by atomic mass is 10.00. The largest absolute Gasteiger partial charge is 0.379 e. The van der Waals surface area contributed by atoms with E-state index in [0.717, 1.165) is 19.6 Å². The summed E-state index contributed by atoms with van der Waals surface area (Å²) < 4.78 is 11.0. The van der Waals surface area contributed by atoms with Crippen molar-refractivity contribution in [3.63, 3.8) is 0 Å². The SMILES string of the molecule is COC(C)(C)CC(C)NCC1CCCO1. The van der Waals surface area contributed by atoms with Crippen molar-refractivity contribution in [1.82, 2.24) is 5.32 Å². The van der Waals surface area contributed by atoms with Gasteiger partial charge >= 0.3 is 0 Å². The van der Waals surface area contributed by atoms with Crippen molar-refractivity contribution in [3.05, 3.63) is 0 Å². The maximum atomic E-state index is 5.57. The summed E-state index contributed by atoms with van der Waals surface area (Å²) in [5, 5.41) is 3.51. The van der Waals surface area contributed by atoms with Gasteiger partial charge < -0.3 is 14.8 Å². The number of hydrogen-bond acceptors (Lipinski definition) is 3. The molecule has 0 aliphatic carbocycles. The molecule has 90 valence electrons. The van der Waals surface area contributed by atoms with Crippen molar-refractivity contribution in [2.24, 2.45) is 0 Å². The zero-order valence-corrected chi connectivity index (χ0v) is 10.5. The third-order valence-electron chi connectivity index (χ3n) is 3.07. The first kappa shape index (κ1) is 12.9. The lowest BCUT2D eigenvalue weighted by Gasteiger charge is -2.27. The van der Waals surface area contributed by atoms with E-state index in [1.165, 1.54) is 12.8 Å². The molecule has 0 amide bonds. The molecule has 15 heavy (non-hydrogen) atoms. The van der Waals surface area contributed by atoms with Gasteiger partial charge in [-0.3, -0.25) is 0 Å². The van der Waals surface area contributed by atoms with Gasteiger partial charge in [0, 0.05) is 26.3 Å². The van der Waals surface area contributed by atoms with Gasteiger partial charge in [-0.25, -0.2) is 0 Å². The van der Waals surface area contributed by atoms with Gasteiger partial charge in [-0.2, -0.15) is 0 Å². The van der Waals surface area contributed by atoms with Crippen LogP contribution in [0.25, 0.3) is 0 Å². The van der Waals surface area contributed by atoms with E-state index in [1.807, 2.05) is 0 Å². The predicted molar refractivity (Wildman–Crippen MR) is 62.1 cm³/mol. The van der Waals surface area contributed by atoms with Crippen LogP contribution in [0.15, 0.2) is 0 Å². The van der Waals surface area contributed by atoms with Gasteiger partial charge in [0.25, 0.3) is 0 Å². The average molecular weight is 215 g/mol. The van der Waals surface area contributed by atoms with Gasteiger partial charge in [0.2, 0.25) is 0 Å². The van der Waals surface area contributed by atoms with Crippen molar-refractivity contribution < 1.29 is 9.47 Å². The summed E-state index contributed by atoms with van der Waals surface area (Å²) in [6.07, 6.45) is 3.87. The van der Waals surface area contributed by atoms with Gasteiger partial charge in [0.15, 0.2) is 0 Å². The van der Waals surface area contributed by atoms with Crippen molar-refractivity contribution in [2.45, 2.75) is 57.8 Å². The average Bonchev–Trinajstić information content (AvgIpc) is 2.66. The molecule has 1 fully saturated rings. The molecular weight excluding hydrogens is 190 g/mol. The van der Waals surface area contributed by atoms with Gasteiger partial charge in [-0.1, -0.05) is 0 Å². The molecule has 2 atom stereocenters. The summed E-state index contributed by atoms with van der Waals surface area (Å²) in [6, 6.07) is 0.476. The number of rotatable bonds is 6. The minimum Gasteiger partial charge on any atom is -0.379 e. The first-order valence-corrected chi connectivity index (χ1v) is 5.93. The van der Waals surface area contributed by atoms with Crippen LogP contribution in [0.4, 0.5) is 0 Å². The minimum absolute atomic E-state index is 0.0387. The third kappa shape index (κ3) is 4.96. The van der Waals surface area contributed by atoms with E-state index in [1.54, 1.807) is 7.11 Å². The van der Waals surface area contributed by atoms with Crippen LogP contribution < -0.4 is 5.32 Å². The van der Waals surface area contributed by atoms with Crippen LogP contribution >= 0.6 is 0 Å². The molecule has 1 aliphatic rings. The van der Waals surface area contributed by atoms with Gasteiger partial charge in [0.05, 0.1) is 11.7 Å². The molecule has 1 saturated heterocycles. The molecule has 0 aromatic carbocycles. The summed E-state index contributed by atoms with van der Waals surface area (Å²) in [6.45, 7) is 8.36.